The minimum atomic E-state index is -0.542. The maximum atomic E-state index is 12.4. The third kappa shape index (κ3) is 3.50. The number of pyridine rings is 1. The molecule has 0 aromatic carbocycles. The second-order valence-electron chi connectivity index (χ2n) is 1.94. The van der Waals surface area contributed by atoms with Crippen LogP contribution in [-0.2, 0) is 0 Å². The molecule has 0 saturated heterocycles. The first-order valence-electron chi connectivity index (χ1n) is 3.28. The summed E-state index contributed by atoms with van der Waals surface area (Å²) in [5.41, 5.74) is 5.17. The van der Waals surface area contributed by atoms with Crippen LogP contribution in [0.5, 0.6) is 5.88 Å². The molecule has 2 N–H and O–H groups in total. The van der Waals surface area contributed by atoms with E-state index in [2.05, 4.69) is 4.98 Å². The fourth-order valence-corrected chi connectivity index (χ4v) is 0.634. The smallest absolute Gasteiger partial charge is 0.216 e. The maximum absolute atomic E-state index is 12.4. The zero-order valence-corrected chi connectivity index (χ0v) is 7.18. The number of ether oxygens (including phenoxy) is 1. The molecule has 0 amide bonds. The first-order valence-corrected chi connectivity index (χ1v) is 3.28. The van der Waals surface area contributed by atoms with Crippen LogP contribution >= 0.6 is 12.4 Å². The van der Waals surface area contributed by atoms with Crippen LogP contribution in [0.2, 0.25) is 0 Å². The van der Waals surface area contributed by atoms with Gasteiger partial charge in [0.2, 0.25) is 11.8 Å². The SMILES string of the molecule is Cl.NCCOc1cccc(F)n1. The van der Waals surface area contributed by atoms with Gasteiger partial charge in [-0.1, -0.05) is 6.07 Å². The summed E-state index contributed by atoms with van der Waals surface area (Å²) in [5, 5.41) is 0. The largest absolute Gasteiger partial charge is 0.476 e. The lowest BCUT2D eigenvalue weighted by atomic mass is 10.5. The molecule has 68 valence electrons. The lowest BCUT2D eigenvalue weighted by molar-refractivity contribution is 0.310. The molecule has 0 bridgehead atoms. The van der Waals surface area contributed by atoms with Crippen LogP contribution < -0.4 is 10.5 Å². The number of rotatable bonds is 3. The van der Waals surface area contributed by atoms with E-state index in [1.807, 2.05) is 0 Å². The second-order valence-corrected chi connectivity index (χ2v) is 1.94. The van der Waals surface area contributed by atoms with Crippen molar-refractivity contribution in [3.63, 3.8) is 0 Å². The summed E-state index contributed by atoms with van der Waals surface area (Å²) in [6, 6.07) is 4.38. The van der Waals surface area contributed by atoms with E-state index in [9.17, 15) is 4.39 Å². The molecule has 0 aliphatic carbocycles. The summed E-state index contributed by atoms with van der Waals surface area (Å²) in [6.45, 7) is 0.759. The minimum absolute atomic E-state index is 0. The van der Waals surface area contributed by atoms with Crippen molar-refractivity contribution >= 4 is 12.4 Å². The van der Waals surface area contributed by atoms with E-state index in [0.29, 0.717) is 13.2 Å². The van der Waals surface area contributed by atoms with Crippen molar-refractivity contribution in [1.82, 2.24) is 4.98 Å². The highest BCUT2D eigenvalue weighted by Crippen LogP contribution is 2.05. The molecule has 3 nitrogen and oxygen atoms in total. The summed E-state index contributed by atoms with van der Waals surface area (Å²) in [5.74, 6) is -0.269. The van der Waals surface area contributed by atoms with Gasteiger partial charge >= 0.3 is 0 Å². The van der Waals surface area contributed by atoms with Crippen molar-refractivity contribution in [3.05, 3.63) is 24.1 Å². The Morgan fingerprint density at radius 1 is 1.50 bits per heavy atom. The number of halogens is 2. The van der Waals surface area contributed by atoms with Gasteiger partial charge in [0.1, 0.15) is 6.61 Å². The average Bonchev–Trinajstić information content (AvgIpc) is 2.01. The van der Waals surface area contributed by atoms with Crippen LogP contribution in [0.15, 0.2) is 18.2 Å². The van der Waals surface area contributed by atoms with Gasteiger partial charge < -0.3 is 10.5 Å². The number of nitrogens with zero attached hydrogens (tertiary/aromatic N) is 1. The summed E-state index contributed by atoms with van der Waals surface area (Å²) in [7, 11) is 0. The van der Waals surface area contributed by atoms with E-state index in [0.717, 1.165) is 0 Å². The van der Waals surface area contributed by atoms with E-state index < -0.39 is 5.95 Å². The van der Waals surface area contributed by atoms with Crippen molar-refractivity contribution in [2.45, 2.75) is 0 Å². The molecule has 12 heavy (non-hydrogen) atoms. The minimum Gasteiger partial charge on any atom is -0.476 e. The van der Waals surface area contributed by atoms with Crippen LogP contribution in [0.25, 0.3) is 0 Å². The van der Waals surface area contributed by atoms with Crippen LogP contribution in [0, 0.1) is 5.95 Å². The first-order chi connectivity index (χ1) is 5.33. The van der Waals surface area contributed by atoms with Crippen molar-refractivity contribution in [1.29, 1.82) is 0 Å². The van der Waals surface area contributed by atoms with Gasteiger partial charge in [-0.2, -0.15) is 9.37 Å². The zero-order chi connectivity index (χ0) is 8.10. The third-order valence-corrected chi connectivity index (χ3v) is 1.06. The highest BCUT2D eigenvalue weighted by atomic mass is 35.5. The van der Waals surface area contributed by atoms with E-state index in [1.165, 1.54) is 12.1 Å². The maximum Gasteiger partial charge on any atom is 0.216 e. The predicted molar refractivity (Wildman–Crippen MR) is 46.0 cm³/mol. The van der Waals surface area contributed by atoms with Gasteiger partial charge in [0.15, 0.2) is 0 Å². The zero-order valence-electron chi connectivity index (χ0n) is 6.37. The number of aromatic nitrogens is 1. The highest BCUT2D eigenvalue weighted by molar-refractivity contribution is 5.85. The third-order valence-electron chi connectivity index (χ3n) is 1.06. The summed E-state index contributed by atoms with van der Waals surface area (Å²) in [4.78, 5) is 3.47. The molecule has 1 heterocycles. The Kier molecular flexibility index (Phi) is 5.32. The topological polar surface area (TPSA) is 48.1 Å². The predicted octanol–water partition coefficient (Wildman–Crippen LogP) is 0.980. The fraction of sp³-hybridized carbons (Fsp3) is 0.286. The van der Waals surface area contributed by atoms with Gasteiger partial charge in [-0.25, -0.2) is 0 Å². The normalized spacial score (nSPS) is 8.83. The Morgan fingerprint density at radius 2 is 2.25 bits per heavy atom. The first kappa shape index (κ1) is 11.1. The molecule has 0 atom stereocenters. The average molecular weight is 193 g/mol. The van der Waals surface area contributed by atoms with Crippen LogP contribution in [0.4, 0.5) is 4.39 Å². The summed E-state index contributed by atoms with van der Waals surface area (Å²) < 4.78 is 17.3. The van der Waals surface area contributed by atoms with Gasteiger partial charge in [0, 0.05) is 12.6 Å². The van der Waals surface area contributed by atoms with E-state index in [4.69, 9.17) is 10.5 Å². The summed E-state index contributed by atoms with van der Waals surface area (Å²) in [6.07, 6.45) is 0. The Bertz CT molecular complexity index is 234. The van der Waals surface area contributed by atoms with Crippen LogP contribution in [0.1, 0.15) is 0 Å². The molecular weight excluding hydrogens is 183 g/mol. The Morgan fingerprint density at radius 3 is 2.83 bits per heavy atom. The fourth-order valence-electron chi connectivity index (χ4n) is 0.634. The number of hydrogen-bond acceptors (Lipinski definition) is 3. The molecule has 0 spiro atoms. The van der Waals surface area contributed by atoms with Crippen molar-refractivity contribution < 1.29 is 9.13 Å². The number of hydrogen-bond donors (Lipinski definition) is 1. The van der Waals surface area contributed by atoms with Gasteiger partial charge in [-0.15, -0.1) is 12.4 Å². The Balaban J connectivity index is 0.00000121. The molecule has 0 saturated carbocycles. The molecule has 1 aromatic heterocycles. The van der Waals surface area contributed by atoms with Crippen LogP contribution in [0.3, 0.4) is 0 Å². The summed E-state index contributed by atoms with van der Waals surface area (Å²) >= 11 is 0. The molecule has 5 heteroatoms. The monoisotopic (exact) mass is 192 g/mol. The molecule has 0 aliphatic heterocycles. The van der Waals surface area contributed by atoms with Crippen molar-refractivity contribution in [2.75, 3.05) is 13.2 Å². The van der Waals surface area contributed by atoms with Crippen LogP contribution in [-0.4, -0.2) is 18.1 Å². The quantitative estimate of drug-likeness (QED) is 0.727. The lowest BCUT2D eigenvalue weighted by Gasteiger charge is -2.01. The lowest BCUT2D eigenvalue weighted by Crippen LogP contribution is -2.11. The second kappa shape index (κ2) is 5.74. The van der Waals surface area contributed by atoms with E-state index in [1.54, 1.807) is 6.07 Å². The Hall–Kier alpha value is -0.870. The van der Waals surface area contributed by atoms with Gasteiger partial charge in [0.25, 0.3) is 0 Å². The van der Waals surface area contributed by atoms with Gasteiger partial charge in [-0.05, 0) is 6.07 Å². The van der Waals surface area contributed by atoms with Crippen molar-refractivity contribution in [2.24, 2.45) is 5.73 Å². The Labute approximate surface area is 76.2 Å². The van der Waals surface area contributed by atoms with E-state index >= 15 is 0 Å². The molecule has 0 fully saturated rings. The van der Waals surface area contributed by atoms with Gasteiger partial charge in [0.05, 0.1) is 0 Å². The highest BCUT2D eigenvalue weighted by Gasteiger charge is 1.94. The molecule has 0 aliphatic rings. The molecule has 1 aromatic rings. The van der Waals surface area contributed by atoms with E-state index in [-0.39, 0.29) is 18.3 Å². The molecule has 0 radical (unpaired) electrons. The standard InChI is InChI=1S/C7H9FN2O.ClH/c8-6-2-1-3-7(10-6)11-5-4-9;/h1-3H,4-5,9H2;1H. The molecule has 1 rings (SSSR count). The van der Waals surface area contributed by atoms with Crippen molar-refractivity contribution in [3.8, 4) is 5.88 Å². The number of nitrogens with two attached hydrogens (primary N) is 1. The van der Waals surface area contributed by atoms with Gasteiger partial charge in [-0.3, -0.25) is 0 Å². The molecule has 0 unspecified atom stereocenters. The molecular formula is C7H10ClFN2O.